The molecule has 1 atom stereocenters. The first-order valence-electron chi connectivity index (χ1n) is 10.4. The highest BCUT2D eigenvalue weighted by Gasteiger charge is 2.23. The van der Waals surface area contributed by atoms with E-state index in [1.54, 1.807) is 36.0 Å². The Hall–Kier alpha value is -4.00. The van der Waals surface area contributed by atoms with Gasteiger partial charge in [0.25, 0.3) is 5.91 Å². The Morgan fingerprint density at radius 1 is 0.969 bits per heavy atom. The second-order valence-corrected chi connectivity index (χ2v) is 7.74. The van der Waals surface area contributed by atoms with Crippen molar-refractivity contribution in [1.82, 2.24) is 14.8 Å². The molecule has 7 heteroatoms. The molecule has 0 aliphatic heterocycles. The lowest BCUT2D eigenvalue weighted by Gasteiger charge is -2.15. The zero-order chi connectivity index (χ0) is 22.7. The summed E-state index contributed by atoms with van der Waals surface area (Å²) < 4.78 is 7.29. The van der Waals surface area contributed by atoms with Gasteiger partial charge in [-0.25, -0.2) is 14.5 Å². The Labute approximate surface area is 186 Å². The van der Waals surface area contributed by atoms with Crippen molar-refractivity contribution in [3.05, 3.63) is 78.5 Å². The quantitative estimate of drug-likeness (QED) is 0.443. The van der Waals surface area contributed by atoms with Crippen LogP contribution in [0.1, 0.15) is 37.2 Å². The molecule has 2 aromatic carbocycles. The van der Waals surface area contributed by atoms with Crippen molar-refractivity contribution >= 4 is 28.6 Å². The van der Waals surface area contributed by atoms with E-state index in [2.05, 4.69) is 10.4 Å². The Bertz CT molecular complexity index is 1250. The van der Waals surface area contributed by atoms with Crippen LogP contribution in [0.15, 0.2) is 72.9 Å². The van der Waals surface area contributed by atoms with Gasteiger partial charge in [0.15, 0.2) is 11.8 Å². The van der Waals surface area contributed by atoms with Gasteiger partial charge in [-0.3, -0.25) is 4.79 Å². The molecule has 32 heavy (non-hydrogen) atoms. The van der Waals surface area contributed by atoms with Crippen LogP contribution in [0.4, 0.5) is 5.69 Å². The average Bonchev–Trinajstić information content (AvgIpc) is 3.24. The second-order valence-electron chi connectivity index (χ2n) is 7.74. The van der Waals surface area contributed by atoms with Gasteiger partial charge in [-0.2, -0.15) is 5.10 Å². The number of anilines is 1. The highest BCUT2D eigenvalue weighted by atomic mass is 16.5. The second kappa shape index (κ2) is 9.01. The summed E-state index contributed by atoms with van der Waals surface area (Å²) in [6, 6.07) is 20.4. The monoisotopic (exact) mass is 428 g/mol. The van der Waals surface area contributed by atoms with Crippen LogP contribution in [0, 0.1) is 0 Å². The molecule has 4 aromatic rings. The van der Waals surface area contributed by atoms with Crippen molar-refractivity contribution in [2.24, 2.45) is 0 Å². The van der Waals surface area contributed by atoms with Gasteiger partial charge in [-0.15, -0.1) is 0 Å². The van der Waals surface area contributed by atoms with E-state index in [1.807, 2.05) is 62.4 Å². The van der Waals surface area contributed by atoms with Crippen LogP contribution in [-0.2, 0) is 9.53 Å². The van der Waals surface area contributed by atoms with Gasteiger partial charge in [-0.05, 0) is 39.0 Å². The van der Waals surface area contributed by atoms with Crippen molar-refractivity contribution in [3.8, 4) is 11.3 Å². The van der Waals surface area contributed by atoms with Crippen molar-refractivity contribution < 1.29 is 14.3 Å². The number of fused-ring (bicyclic) bond motifs is 1. The number of pyridine rings is 1. The number of hydrogen-bond donors (Lipinski definition) is 1. The van der Waals surface area contributed by atoms with Crippen LogP contribution < -0.4 is 5.32 Å². The molecule has 0 fully saturated rings. The lowest BCUT2D eigenvalue weighted by molar-refractivity contribution is -0.123. The molecule has 0 saturated heterocycles. The van der Waals surface area contributed by atoms with Gasteiger partial charge in [0.05, 0.1) is 22.8 Å². The van der Waals surface area contributed by atoms with Gasteiger partial charge in [-0.1, -0.05) is 48.5 Å². The summed E-state index contributed by atoms with van der Waals surface area (Å²) in [5.74, 6) is -1.01. The number of benzene rings is 2. The van der Waals surface area contributed by atoms with Crippen LogP contribution in [0.25, 0.3) is 22.3 Å². The SMILES string of the molecule is CC(OC(=O)c1cc(-c2ccccc2)nc2c1cnn2C(C)C)C(=O)Nc1ccccc1. The normalized spacial score (nSPS) is 12.0. The summed E-state index contributed by atoms with van der Waals surface area (Å²) in [7, 11) is 0. The summed E-state index contributed by atoms with van der Waals surface area (Å²) in [5.41, 5.74) is 3.05. The van der Waals surface area contributed by atoms with Gasteiger partial charge < -0.3 is 10.1 Å². The number of amides is 1. The molecule has 0 radical (unpaired) electrons. The number of rotatable bonds is 6. The molecule has 1 N–H and O–H groups in total. The van der Waals surface area contributed by atoms with E-state index in [9.17, 15) is 9.59 Å². The highest BCUT2D eigenvalue weighted by Crippen LogP contribution is 2.27. The number of ether oxygens (including phenoxy) is 1. The highest BCUT2D eigenvalue weighted by molar-refractivity contribution is 6.05. The van der Waals surface area contributed by atoms with Gasteiger partial charge >= 0.3 is 5.97 Å². The van der Waals surface area contributed by atoms with Gasteiger partial charge in [0.1, 0.15) is 0 Å². The maximum atomic E-state index is 13.1. The van der Waals surface area contributed by atoms with Gasteiger partial charge in [0, 0.05) is 17.3 Å². The van der Waals surface area contributed by atoms with E-state index in [1.165, 1.54) is 0 Å². The van der Waals surface area contributed by atoms with E-state index in [0.717, 1.165) is 5.56 Å². The molecular formula is C25H24N4O3. The topological polar surface area (TPSA) is 86.1 Å². The molecule has 7 nitrogen and oxygen atoms in total. The minimum atomic E-state index is -0.980. The van der Waals surface area contributed by atoms with Crippen LogP contribution in [-0.4, -0.2) is 32.7 Å². The number of esters is 1. The third-order valence-corrected chi connectivity index (χ3v) is 5.04. The fraction of sp³-hybridized carbons (Fsp3) is 0.200. The molecule has 0 aliphatic carbocycles. The Morgan fingerprint density at radius 2 is 1.62 bits per heavy atom. The number of nitrogens with one attached hydrogen (secondary N) is 1. The number of aromatic nitrogens is 3. The van der Waals surface area contributed by atoms with Gasteiger partial charge in [0.2, 0.25) is 0 Å². The fourth-order valence-electron chi connectivity index (χ4n) is 3.36. The molecular weight excluding hydrogens is 404 g/mol. The Morgan fingerprint density at radius 3 is 2.28 bits per heavy atom. The zero-order valence-electron chi connectivity index (χ0n) is 18.1. The van der Waals surface area contributed by atoms with Crippen molar-refractivity contribution in [3.63, 3.8) is 0 Å². The maximum Gasteiger partial charge on any atom is 0.339 e. The predicted octanol–water partition coefficient (Wildman–Crippen LogP) is 4.86. The van der Waals surface area contributed by atoms with E-state index in [-0.39, 0.29) is 6.04 Å². The van der Waals surface area contributed by atoms with E-state index < -0.39 is 18.0 Å². The lowest BCUT2D eigenvalue weighted by Crippen LogP contribution is -2.30. The molecule has 0 aliphatic rings. The van der Waals surface area contributed by atoms with Crippen molar-refractivity contribution in [2.45, 2.75) is 32.9 Å². The smallest absolute Gasteiger partial charge is 0.339 e. The first kappa shape index (κ1) is 21.2. The van der Waals surface area contributed by atoms with Crippen molar-refractivity contribution in [1.29, 1.82) is 0 Å². The lowest BCUT2D eigenvalue weighted by atomic mass is 10.1. The molecule has 1 unspecified atom stereocenters. The maximum absolute atomic E-state index is 13.1. The minimum Gasteiger partial charge on any atom is -0.449 e. The van der Waals surface area contributed by atoms with Crippen molar-refractivity contribution in [2.75, 3.05) is 5.32 Å². The van der Waals surface area contributed by atoms with Crippen LogP contribution in [0.3, 0.4) is 0 Å². The molecule has 1 amide bonds. The number of carbonyl (C=O) groups excluding carboxylic acids is 2. The molecule has 0 spiro atoms. The first-order valence-corrected chi connectivity index (χ1v) is 10.4. The zero-order valence-corrected chi connectivity index (χ0v) is 18.1. The molecule has 2 heterocycles. The third kappa shape index (κ3) is 4.37. The number of para-hydroxylation sites is 1. The summed E-state index contributed by atoms with van der Waals surface area (Å²) in [5, 5.41) is 7.74. The molecule has 162 valence electrons. The summed E-state index contributed by atoms with van der Waals surface area (Å²) in [4.78, 5) is 30.4. The first-order chi connectivity index (χ1) is 15.4. The van der Waals surface area contributed by atoms with Crippen LogP contribution in [0.2, 0.25) is 0 Å². The van der Waals surface area contributed by atoms with E-state index >= 15 is 0 Å². The van der Waals surface area contributed by atoms with Crippen LogP contribution in [0.5, 0.6) is 0 Å². The Kier molecular flexibility index (Phi) is 5.98. The number of carbonyl (C=O) groups is 2. The summed E-state index contributed by atoms with van der Waals surface area (Å²) >= 11 is 0. The average molecular weight is 428 g/mol. The molecule has 0 bridgehead atoms. The molecule has 2 aromatic heterocycles. The predicted molar refractivity (Wildman–Crippen MR) is 123 cm³/mol. The number of hydrogen-bond acceptors (Lipinski definition) is 5. The fourth-order valence-corrected chi connectivity index (χ4v) is 3.36. The largest absolute Gasteiger partial charge is 0.449 e. The number of nitrogens with zero attached hydrogens (tertiary/aromatic N) is 3. The summed E-state index contributed by atoms with van der Waals surface area (Å²) in [6.45, 7) is 5.54. The summed E-state index contributed by atoms with van der Waals surface area (Å²) in [6.07, 6.45) is 0.633. The third-order valence-electron chi connectivity index (χ3n) is 5.04. The molecule has 0 saturated carbocycles. The minimum absolute atomic E-state index is 0.0606. The molecule has 4 rings (SSSR count). The Balaban J connectivity index is 1.66. The van der Waals surface area contributed by atoms with Crippen LogP contribution >= 0.6 is 0 Å². The van der Waals surface area contributed by atoms with E-state index in [0.29, 0.717) is 28.0 Å². The standard InChI is InChI=1S/C25H24N4O3/c1-16(2)29-23-21(15-26-29)20(14-22(28-23)18-10-6-4-7-11-18)25(31)32-17(3)24(30)27-19-12-8-5-9-13-19/h4-17H,1-3H3,(H,27,30). The van der Waals surface area contributed by atoms with E-state index in [4.69, 9.17) is 9.72 Å².